The van der Waals surface area contributed by atoms with E-state index in [4.69, 9.17) is 25.4 Å². The smallest absolute Gasteiger partial charge is 0.337 e. The van der Waals surface area contributed by atoms with Gasteiger partial charge in [-0.2, -0.15) is 0 Å². The zero-order valence-corrected chi connectivity index (χ0v) is 19.8. The van der Waals surface area contributed by atoms with Gasteiger partial charge in [0.05, 0.1) is 23.7 Å². The van der Waals surface area contributed by atoms with Crippen LogP contribution in [-0.2, 0) is 28.9 Å². The zero-order valence-electron chi connectivity index (χ0n) is 19.8. The first-order valence-electron chi connectivity index (χ1n) is 11.5. The average molecular weight is 477 g/mol. The number of aromatic amines is 1. The number of esters is 1. The number of nitrogens with one attached hydrogen (secondary N) is 1. The Morgan fingerprint density at radius 3 is 2.60 bits per heavy atom. The molecule has 0 atom stereocenters. The van der Waals surface area contributed by atoms with E-state index in [2.05, 4.69) is 21.7 Å². The number of carboxylic acids is 1. The number of rotatable bonds is 5. The first-order valence-corrected chi connectivity index (χ1v) is 11.5. The summed E-state index contributed by atoms with van der Waals surface area (Å²) in [5.74, 6) is -1.25. The number of methoxy groups -OCH3 is 1. The van der Waals surface area contributed by atoms with E-state index >= 15 is 0 Å². The van der Waals surface area contributed by atoms with Gasteiger partial charge in [0.25, 0.3) is 11.5 Å². The number of aliphatic carboxylic acids is 1. The minimum atomic E-state index is -0.833. The molecular formula is C26H28N4O5. The third kappa shape index (κ3) is 4.95. The molecule has 0 saturated carbocycles. The van der Waals surface area contributed by atoms with E-state index in [1.807, 2.05) is 12.3 Å². The molecule has 1 aliphatic rings. The summed E-state index contributed by atoms with van der Waals surface area (Å²) in [5.41, 5.74) is 12.0. The molecule has 0 bridgehead atoms. The first kappa shape index (κ1) is 24.2. The maximum absolute atomic E-state index is 13.0. The van der Waals surface area contributed by atoms with Crippen molar-refractivity contribution in [3.63, 3.8) is 0 Å². The molecule has 0 fully saturated rings. The minimum absolute atomic E-state index is 0.244. The van der Waals surface area contributed by atoms with Crippen LogP contribution in [0.1, 0.15) is 41.3 Å². The SMILES string of the molecule is CC(=O)O.COC(=O)c1ccc2c(c1)c(-c1nc3cc4c(cc3[nH]c1=O)CCC4)cn2CCCN. The largest absolute Gasteiger partial charge is 0.481 e. The van der Waals surface area contributed by atoms with Crippen molar-refractivity contribution in [2.24, 2.45) is 5.73 Å². The van der Waals surface area contributed by atoms with Crippen molar-refractivity contribution in [1.82, 2.24) is 14.5 Å². The van der Waals surface area contributed by atoms with Gasteiger partial charge in [-0.1, -0.05) is 0 Å². The molecule has 0 radical (unpaired) electrons. The lowest BCUT2D eigenvalue weighted by molar-refractivity contribution is -0.134. The van der Waals surface area contributed by atoms with Crippen molar-refractivity contribution in [2.75, 3.05) is 13.7 Å². The van der Waals surface area contributed by atoms with Crippen LogP contribution in [0.3, 0.4) is 0 Å². The van der Waals surface area contributed by atoms with Crippen molar-refractivity contribution in [1.29, 1.82) is 0 Å². The van der Waals surface area contributed by atoms with Gasteiger partial charge in [-0.15, -0.1) is 0 Å². The van der Waals surface area contributed by atoms with Gasteiger partial charge in [-0.3, -0.25) is 9.59 Å². The van der Waals surface area contributed by atoms with Crippen molar-refractivity contribution < 1.29 is 19.4 Å². The van der Waals surface area contributed by atoms with Crippen LogP contribution >= 0.6 is 0 Å². The Hall–Kier alpha value is -3.98. The predicted octanol–water partition coefficient (Wildman–Crippen LogP) is 3.26. The Labute approximate surface area is 201 Å². The Kier molecular flexibility index (Phi) is 6.97. The Morgan fingerprint density at radius 1 is 1.20 bits per heavy atom. The van der Waals surface area contributed by atoms with E-state index in [0.29, 0.717) is 29.9 Å². The number of hydrogen-bond acceptors (Lipinski definition) is 6. The van der Waals surface area contributed by atoms with Crippen LogP contribution < -0.4 is 11.3 Å². The summed E-state index contributed by atoms with van der Waals surface area (Å²) in [6.07, 6.45) is 5.95. The monoisotopic (exact) mass is 476 g/mol. The highest BCUT2D eigenvalue weighted by Crippen LogP contribution is 2.31. The zero-order chi connectivity index (χ0) is 25.1. The van der Waals surface area contributed by atoms with E-state index in [1.54, 1.807) is 12.1 Å². The van der Waals surface area contributed by atoms with Gasteiger partial charge in [0.15, 0.2) is 0 Å². The topological polar surface area (TPSA) is 140 Å². The molecule has 182 valence electrons. The Bertz CT molecular complexity index is 1480. The van der Waals surface area contributed by atoms with E-state index in [1.165, 1.54) is 18.2 Å². The maximum atomic E-state index is 13.0. The van der Waals surface area contributed by atoms with E-state index in [9.17, 15) is 9.59 Å². The number of fused-ring (bicyclic) bond motifs is 3. The maximum Gasteiger partial charge on any atom is 0.337 e. The fraction of sp³-hybridized carbons (Fsp3) is 0.308. The number of benzene rings is 2. The van der Waals surface area contributed by atoms with Gasteiger partial charge in [-0.05, 0) is 73.7 Å². The molecule has 2 aromatic heterocycles. The molecule has 5 rings (SSSR count). The van der Waals surface area contributed by atoms with E-state index in [0.717, 1.165) is 54.5 Å². The molecule has 0 saturated heterocycles. The van der Waals surface area contributed by atoms with E-state index in [-0.39, 0.29) is 5.56 Å². The summed E-state index contributed by atoms with van der Waals surface area (Å²) in [4.78, 5) is 41.9. The van der Waals surface area contributed by atoms with Crippen LogP contribution in [0.5, 0.6) is 0 Å². The fourth-order valence-corrected chi connectivity index (χ4v) is 4.52. The summed E-state index contributed by atoms with van der Waals surface area (Å²) in [5, 5.41) is 8.21. The molecule has 9 heteroatoms. The second kappa shape index (κ2) is 10.1. The number of nitrogens with two attached hydrogens (primary N) is 1. The number of hydrogen-bond donors (Lipinski definition) is 3. The number of nitrogens with zero attached hydrogens (tertiary/aromatic N) is 2. The van der Waals surface area contributed by atoms with Gasteiger partial charge in [-0.25, -0.2) is 9.78 Å². The molecule has 4 aromatic rings. The minimum Gasteiger partial charge on any atom is -0.481 e. The number of ether oxygens (including phenoxy) is 1. The van der Waals surface area contributed by atoms with Crippen molar-refractivity contribution >= 4 is 33.9 Å². The number of carbonyl (C=O) groups is 2. The summed E-state index contributed by atoms with van der Waals surface area (Å²) in [7, 11) is 1.36. The molecular weight excluding hydrogens is 448 g/mol. The number of aromatic nitrogens is 3. The molecule has 2 heterocycles. The van der Waals surface area contributed by atoms with Crippen LogP contribution in [0.15, 0.2) is 41.3 Å². The number of carboxylic acid groups (broad SMARTS) is 1. The van der Waals surface area contributed by atoms with Gasteiger partial charge >= 0.3 is 5.97 Å². The number of H-pyrrole nitrogens is 1. The van der Waals surface area contributed by atoms with E-state index < -0.39 is 11.9 Å². The van der Waals surface area contributed by atoms with Crippen LogP contribution in [0.4, 0.5) is 0 Å². The van der Waals surface area contributed by atoms with Crippen LogP contribution in [0.2, 0.25) is 0 Å². The van der Waals surface area contributed by atoms with Crippen molar-refractivity contribution in [3.05, 3.63) is 63.6 Å². The normalized spacial score (nSPS) is 12.3. The lowest BCUT2D eigenvalue weighted by Gasteiger charge is -2.06. The molecule has 1 aliphatic carbocycles. The lowest BCUT2D eigenvalue weighted by Crippen LogP contribution is -2.12. The highest BCUT2D eigenvalue weighted by Gasteiger charge is 2.19. The predicted molar refractivity (Wildman–Crippen MR) is 134 cm³/mol. The molecule has 0 aliphatic heterocycles. The molecule has 9 nitrogen and oxygen atoms in total. The Balaban J connectivity index is 0.000000672. The molecule has 2 aromatic carbocycles. The third-order valence-corrected chi connectivity index (χ3v) is 6.07. The average Bonchev–Trinajstić information content (AvgIpc) is 3.43. The summed E-state index contributed by atoms with van der Waals surface area (Å²) < 4.78 is 6.94. The lowest BCUT2D eigenvalue weighted by atomic mass is 10.1. The molecule has 4 N–H and O–H groups in total. The molecule has 35 heavy (non-hydrogen) atoms. The van der Waals surface area contributed by atoms with Crippen LogP contribution in [0.25, 0.3) is 33.2 Å². The Morgan fingerprint density at radius 2 is 1.91 bits per heavy atom. The van der Waals surface area contributed by atoms with Gasteiger partial charge in [0, 0.05) is 36.1 Å². The number of aryl methyl sites for hydroxylation is 3. The fourth-order valence-electron chi connectivity index (χ4n) is 4.52. The van der Waals surface area contributed by atoms with Gasteiger partial charge < -0.3 is 25.1 Å². The first-order chi connectivity index (χ1) is 16.8. The second-order valence-electron chi connectivity index (χ2n) is 8.53. The standard InChI is InChI=1S/C24H24N4O3.C2H4O2/c1-31-24(30)16-6-7-21-17(10-16)18(13-28(21)9-3-8-25)22-23(29)27-20-12-15-5-2-4-14(15)11-19(20)26-22;1-2(3)4/h6-7,10-13H,2-5,8-9,25H2,1H3,(H,27,29);1H3,(H,3,4). The second-order valence-corrected chi connectivity index (χ2v) is 8.53. The summed E-state index contributed by atoms with van der Waals surface area (Å²) in [6, 6.07) is 9.52. The van der Waals surface area contributed by atoms with Crippen LogP contribution in [0, 0.1) is 0 Å². The molecule has 0 spiro atoms. The molecule has 0 amide bonds. The van der Waals surface area contributed by atoms with Crippen molar-refractivity contribution in [3.8, 4) is 11.3 Å². The van der Waals surface area contributed by atoms with Gasteiger partial charge in [0.1, 0.15) is 5.69 Å². The third-order valence-electron chi connectivity index (χ3n) is 6.07. The van der Waals surface area contributed by atoms with Crippen molar-refractivity contribution in [2.45, 2.75) is 39.2 Å². The number of carbonyl (C=O) groups excluding carboxylic acids is 1. The molecule has 0 unspecified atom stereocenters. The summed E-state index contributed by atoms with van der Waals surface area (Å²) >= 11 is 0. The van der Waals surface area contributed by atoms with Crippen LogP contribution in [-0.4, -0.2) is 45.2 Å². The summed E-state index contributed by atoms with van der Waals surface area (Å²) in [6.45, 7) is 2.36. The quantitative estimate of drug-likeness (QED) is 0.376. The highest BCUT2D eigenvalue weighted by molar-refractivity contribution is 6.01. The van der Waals surface area contributed by atoms with Gasteiger partial charge in [0.2, 0.25) is 0 Å². The highest BCUT2D eigenvalue weighted by atomic mass is 16.5.